The van der Waals surface area contributed by atoms with Crippen molar-refractivity contribution in [2.45, 2.75) is 5.41 Å². The third-order valence-corrected chi connectivity index (χ3v) is 11.2. The van der Waals surface area contributed by atoms with Gasteiger partial charge in [0.1, 0.15) is 11.5 Å². The Kier molecular flexibility index (Phi) is 7.36. The normalized spacial score (nSPS) is 12.9. The van der Waals surface area contributed by atoms with Gasteiger partial charge in [-0.25, -0.2) is 9.97 Å². The predicted octanol–water partition coefficient (Wildman–Crippen LogP) is 12.7. The van der Waals surface area contributed by atoms with Crippen LogP contribution in [0.25, 0.3) is 67.4 Å². The van der Waals surface area contributed by atoms with E-state index < -0.39 is 5.41 Å². The zero-order valence-corrected chi connectivity index (χ0v) is 30.3. The maximum atomic E-state index is 6.88. The molecule has 0 radical (unpaired) electrons. The van der Waals surface area contributed by atoms with Gasteiger partial charge in [0.25, 0.3) is 0 Å². The molecule has 0 N–H and O–H groups in total. The molecular weight excluding hydrogens is 683 g/mol. The monoisotopic (exact) mass is 715 g/mol. The van der Waals surface area contributed by atoms with Crippen molar-refractivity contribution in [2.24, 2.45) is 0 Å². The molecule has 0 atom stereocenters. The first-order valence-corrected chi connectivity index (χ1v) is 18.9. The summed E-state index contributed by atoms with van der Waals surface area (Å²) in [6.07, 6.45) is 1.96. The number of nitrogens with zero attached hydrogens (tertiary/aromatic N) is 3. The van der Waals surface area contributed by atoms with Crippen molar-refractivity contribution in [1.82, 2.24) is 15.0 Å². The lowest BCUT2D eigenvalue weighted by atomic mass is 9.65. The predicted molar refractivity (Wildman–Crippen MR) is 224 cm³/mol. The van der Waals surface area contributed by atoms with E-state index >= 15 is 0 Å². The van der Waals surface area contributed by atoms with Crippen molar-refractivity contribution >= 4 is 0 Å². The van der Waals surface area contributed by atoms with E-state index in [-0.39, 0.29) is 0 Å². The zero-order chi connectivity index (χ0) is 37.1. The molecule has 1 spiro atoms. The quantitative estimate of drug-likeness (QED) is 0.178. The Balaban J connectivity index is 1.13. The topological polar surface area (TPSA) is 47.9 Å². The molecule has 0 saturated carbocycles. The lowest BCUT2D eigenvalue weighted by molar-refractivity contribution is 0.436. The number of hydrogen-bond donors (Lipinski definition) is 0. The second-order valence-electron chi connectivity index (χ2n) is 14.4. The second-order valence-corrected chi connectivity index (χ2v) is 14.4. The molecule has 0 saturated heterocycles. The third kappa shape index (κ3) is 5.04. The molecule has 1 aliphatic heterocycles. The van der Waals surface area contributed by atoms with E-state index in [4.69, 9.17) is 19.7 Å². The fourth-order valence-electron chi connectivity index (χ4n) is 8.66. The number of fused-ring (bicyclic) bond motifs is 9. The average Bonchev–Trinajstić information content (AvgIpc) is 3.58. The summed E-state index contributed by atoms with van der Waals surface area (Å²) in [6.45, 7) is 0. The maximum Gasteiger partial charge on any atom is 0.160 e. The van der Waals surface area contributed by atoms with Crippen LogP contribution in [0, 0.1) is 0 Å². The lowest BCUT2D eigenvalue weighted by Crippen LogP contribution is -2.32. The zero-order valence-electron chi connectivity index (χ0n) is 30.3. The average molecular weight is 716 g/mol. The lowest BCUT2D eigenvalue weighted by Gasteiger charge is -2.39. The summed E-state index contributed by atoms with van der Waals surface area (Å²) in [5.41, 5.74) is 15.2. The first-order chi connectivity index (χ1) is 27.7. The summed E-state index contributed by atoms with van der Waals surface area (Å²) in [5.74, 6) is 2.30. The summed E-state index contributed by atoms with van der Waals surface area (Å²) in [4.78, 5) is 15.4. The molecule has 2 aliphatic rings. The van der Waals surface area contributed by atoms with E-state index in [1.165, 1.54) is 22.3 Å². The molecule has 0 amide bonds. The van der Waals surface area contributed by atoms with Gasteiger partial charge < -0.3 is 4.74 Å². The summed E-state index contributed by atoms with van der Waals surface area (Å²) < 4.78 is 6.88. The Morgan fingerprint density at radius 2 is 0.821 bits per heavy atom. The first-order valence-electron chi connectivity index (χ1n) is 18.9. The first kappa shape index (κ1) is 32.0. The fraction of sp³-hybridized carbons (Fsp3) is 0.0192. The van der Waals surface area contributed by atoms with Crippen molar-refractivity contribution in [1.29, 1.82) is 0 Å². The molecule has 3 heterocycles. The number of ether oxygens (including phenoxy) is 1. The Hall–Kier alpha value is -7.43. The molecule has 11 rings (SSSR count). The van der Waals surface area contributed by atoms with Gasteiger partial charge in [-0.15, -0.1) is 0 Å². The molecule has 7 aromatic carbocycles. The SMILES string of the molecule is c1ccc(-c2ccc(-c3ccc4c(c3)C3(c5cc(-c6nc(-c7ccccc7)cc(-c7ccccc7)n6)ccc5O4)c4ccccc4-c4ccccc43)nc2)cc1. The standard InChI is InChI=1S/C52H33N3O/c1-4-14-34(15-5-1)39-24-27-46(53-33-39)37-25-28-49-44(30-37)52(42-22-12-10-20-40(42)41-21-11-13-23-43(41)52)45-31-38(26-29-50(45)56-49)51-54-47(35-16-6-2-7-17-35)32-48(55-51)36-18-8-3-9-19-36/h1-33H. The minimum Gasteiger partial charge on any atom is -0.457 e. The van der Waals surface area contributed by atoms with Crippen LogP contribution in [0.3, 0.4) is 0 Å². The summed E-state index contributed by atoms with van der Waals surface area (Å²) in [5, 5.41) is 0. The van der Waals surface area contributed by atoms with Crippen LogP contribution >= 0.6 is 0 Å². The van der Waals surface area contributed by atoms with Crippen LogP contribution in [0.4, 0.5) is 0 Å². The number of benzene rings is 7. The Labute approximate surface area is 325 Å². The maximum absolute atomic E-state index is 6.88. The number of rotatable bonds is 5. The number of hydrogen-bond acceptors (Lipinski definition) is 4. The van der Waals surface area contributed by atoms with Gasteiger partial charge in [-0.3, -0.25) is 4.98 Å². The fourth-order valence-corrected chi connectivity index (χ4v) is 8.66. The molecule has 0 bridgehead atoms. The highest BCUT2D eigenvalue weighted by Crippen LogP contribution is 2.62. The van der Waals surface area contributed by atoms with Crippen molar-refractivity contribution in [3.8, 4) is 78.9 Å². The minimum atomic E-state index is -0.675. The van der Waals surface area contributed by atoms with Crippen LogP contribution in [0.2, 0.25) is 0 Å². The molecule has 9 aromatic rings. The molecule has 4 heteroatoms. The van der Waals surface area contributed by atoms with E-state index in [9.17, 15) is 0 Å². The summed E-state index contributed by atoms with van der Waals surface area (Å²) in [6, 6.07) is 68.0. The van der Waals surface area contributed by atoms with Gasteiger partial charge in [-0.05, 0) is 76.3 Å². The van der Waals surface area contributed by atoms with Crippen molar-refractivity contribution in [2.75, 3.05) is 0 Å². The van der Waals surface area contributed by atoms with Gasteiger partial charge in [-0.2, -0.15) is 0 Å². The van der Waals surface area contributed by atoms with Crippen LogP contribution in [0.15, 0.2) is 200 Å². The summed E-state index contributed by atoms with van der Waals surface area (Å²) in [7, 11) is 0. The highest BCUT2D eigenvalue weighted by molar-refractivity contribution is 5.90. The number of pyridine rings is 1. The molecule has 1 aliphatic carbocycles. The van der Waals surface area contributed by atoms with Crippen LogP contribution in [-0.4, -0.2) is 15.0 Å². The van der Waals surface area contributed by atoms with E-state index in [2.05, 4.69) is 152 Å². The molecule has 0 unspecified atom stereocenters. The van der Waals surface area contributed by atoms with Gasteiger partial charge in [0.2, 0.25) is 0 Å². The van der Waals surface area contributed by atoms with Gasteiger partial charge in [0, 0.05) is 45.1 Å². The minimum absolute atomic E-state index is 0.657. The second kappa shape index (κ2) is 12.9. The molecule has 56 heavy (non-hydrogen) atoms. The van der Waals surface area contributed by atoms with Crippen molar-refractivity contribution in [3.63, 3.8) is 0 Å². The molecule has 0 fully saturated rings. The molecule has 262 valence electrons. The summed E-state index contributed by atoms with van der Waals surface area (Å²) >= 11 is 0. The highest BCUT2D eigenvalue weighted by Gasteiger charge is 2.51. The van der Waals surface area contributed by atoms with Gasteiger partial charge in [-0.1, -0.05) is 146 Å². The van der Waals surface area contributed by atoms with Crippen LogP contribution < -0.4 is 4.74 Å². The highest BCUT2D eigenvalue weighted by atomic mass is 16.5. The van der Waals surface area contributed by atoms with Gasteiger partial charge in [0.15, 0.2) is 5.82 Å². The van der Waals surface area contributed by atoms with Crippen molar-refractivity contribution in [3.05, 3.63) is 223 Å². The third-order valence-electron chi connectivity index (χ3n) is 11.2. The Bertz CT molecular complexity index is 2820. The molecule has 2 aromatic heterocycles. The van der Waals surface area contributed by atoms with Crippen LogP contribution in [0.5, 0.6) is 11.5 Å². The van der Waals surface area contributed by atoms with E-state index in [1.54, 1.807) is 0 Å². The van der Waals surface area contributed by atoms with Crippen LogP contribution in [0.1, 0.15) is 22.3 Å². The number of aromatic nitrogens is 3. The van der Waals surface area contributed by atoms with E-state index in [0.717, 1.165) is 73.1 Å². The Morgan fingerprint density at radius 3 is 1.38 bits per heavy atom. The van der Waals surface area contributed by atoms with E-state index in [1.807, 2.05) is 48.7 Å². The van der Waals surface area contributed by atoms with Gasteiger partial charge in [0.05, 0.1) is 22.5 Å². The van der Waals surface area contributed by atoms with E-state index in [0.29, 0.717) is 5.82 Å². The largest absolute Gasteiger partial charge is 0.457 e. The van der Waals surface area contributed by atoms with Crippen molar-refractivity contribution < 1.29 is 4.74 Å². The molecular formula is C52H33N3O. The Morgan fingerprint density at radius 1 is 0.339 bits per heavy atom. The smallest absolute Gasteiger partial charge is 0.160 e. The molecule has 4 nitrogen and oxygen atoms in total. The van der Waals surface area contributed by atoms with Gasteiger partial charge >= 0.3 is 0 Å². The van der Waals surface area contributed by atoms with Crippen LogP contribution in [-0.2, 0) is 5.41 Å².